The molecular weight excluding hydrogens is 634 g/mol. The second kappa shape index (κ2) is 18.6. The lowest BCUT2D eigenvalue weighted by Gasteiger charge is -2.24. The monoisotopic (exact) mass is 671 g/mol. The lowest BCUT2D eigenvalue weighted by atomic mass is 10.1. The zero-order chi connectivity index (χ0) is 35.1. The van der Waals surface area contributed by atoms with Crippen LogP contribution in [0.25, 0.3) is 0 Å². The maximum Gasteiger partial charge on any atom is 0.326 e. The van der Waals surface area contributed by atoms with Gasteiger partial charge >= 0.3 is 17.9 Å². The quantitative estimate of drug-likeness (QED) is 0.0641. The maximum absolute atomic E-state index is 13.0. The van der Waals surface area contributed by atoms with Crippen molar-refractivity contribution in [3.63, 3.8) is 0 Å². The molecule has 19 nitrogen and oxygen atoms in total. The zero-order valence-corrected chi connectivity index (χ0v) is 25.6. The number of amides is 6. The third-order valence-corrected chi connectivity index (χ3v) is 7.06. The Bertz CT molecular complexity index is 1310. The molecule has 1 heterocycles. The second-order valence-electron chi connectivity index (χ2n) is 10.1. The third kappa shape index (κ3) is 14.1. The van der Waals surface area contributed by atoms with E-state index in [9.17, 15) is 48.3 Å². The Labute approximate surface area is 265 Å². The standard InChI is InChI=1S/C26H37N7O12S/c1-11(30-24(42)17(10-20(37)38)33-23(41)14(27)9-19(35)36)21(39)29-12(2)22(40)32-16(8-13-4-3-7-46-13)25(43)31-15(26(44)45)5-6-18(28)34/h3-4,7,11-12,14-17H,5-6,8-10,27H2,1-2H3,(H2,28,34)(H,29,39)(H,30,42)(H,31,43)(H,32,40)(H,33,41)(H,35,36)(H,37,38)(H,44,45)/t11-,12-,14-,15-,16-,17-/m0/s1. The smallest absolute Gasteiger partial charge is 0.326 e. The molecular formula is C26H37N7O12S. The van der Waals surface area contributed by atoms with Crippen LogP contribution in [0.15, 0.2) is 17.5 Å². The molecule has 0 unspecified atom stereocenters. The molecule has 0 aliphatic heterocycles. The van der Waals surface area contributed by atoms with E-state index in [4.69, 9.17) is 21.7 Å². The summed E-state index contributed by atoms with van der Waals surface area (Å²) in [6, 6.07) is -5.41. The van der Waals surface area contributed by atoms with Crippen molar-refractivity contribution in [2.75, 3.05) is 0 Å². The summed E-state index contributed by atoms with van der Waals surface area (Å²) in [5.41, 5.74) is 10.5. The highest BCUT2D eigenvalue weighted by Gasteiger charge is 2.31. The summed E-state index contributed by atoms with van der Waals surface area (Å²) >= 11 is 1.26. The molecule has 0 aromatic carbocycles. The lowest BCUT2D eigenvalue weighted by Crippen LogP contribution is -2.58. The molecule has 0 spiro atoms. The molecule has 254 valence electrons. The van der Waals surface area contributed by atoms with Gasteiger partial charge in [-0.25, -0.2) is 4.79 Å². The Kier molecular flexibility index (Phi) is 15.8. The lowest BCUT2D eigenvalue weighted by molar-refractivity contribution is -0.143. The van der Waals surface area contributed by atoms with Crippen molar-refractivity contribution in [1.82, 2.24) is 26.6 Å². The normalized spacial score (nSPS) is 14.6. The first-order valence-corrected chi connectivity index (χ1v) is 14.5. The fourth-order valence-electron chi connectivity index (χ4n) is 3.68. The van der Waals surface area contributed by atoms with Crippen molar-refractivity contribution in [3.8, 4) is 0 Å². The second-order valence-corrected chi connectivity index (χ2v) is 11.1. The molecule has 0 fully saturated rings. The molecule has 0 radical (unpaired) electrons. The van der Waals surface area contributed by atoms with Crippen molar-refractivity contribution >= 4 is 64.7 Å². The van der Waals surface area contributed by atoms with Crippen molar-refractivity contribution < 1.29 is 58.5 Å². The molecule has 6 amide bonds. The summed E-state index contributed by atoms with van der Waals surface area (Å²) in [5, 5.41) is 40.3. The predicted octanol–water partition coefficient (Wildman–Crippen LogP) is -3.62. The number of thiophene rings is 1. The van der Waals surface area contributed by atoms with Gasteiger partial charge in [0.1, 0.15) is 30.2 Å². The van der Waals surface area contributed by atoms with Crippen LogP contribution in [0.2, 0.25) is 0 Å². The van der Waals surface area contributed by atoms with Crippen molar-refractivity contribution in [2.45, 2.75) is 82.2 Å². The molecule has 1 aromatic rings. The first-order chi connectivity index (χ1) is 21.4. The number of carbonyl (C=O) groups is 9. The molecule has 0 saturated carbocycles. The van der Waals surface area contributed by atoms with Crippen molar-refractivity contribution in [1.29, 1.82) is 0 Å². The average Bonchev–Trinajstić information content (AvgIpc) is 3.46. The Balaban J connectivity index is 2.91. The minimum Gasteiger partial charge on any atom is -0.481 e. The number of carbonyl (C=O) groups excluding carboxylic acids is 6. The molecule has 1 rings (SSSR count). The third-order valence-electron chi connectivity index (χ3n) is 6.16. The van der Waals surface area contributed by atoms with Crippen LogP contribution in [-0.2, 0) is 49.6 Å². The van der Waals surface area contributed by atoms with Crippen LogP contribution in [0.1, 0.15) is 44.4 Å². The van der Waals surface area contributed by atoms with Gasteiger partial charge in [0.25, 0.3) is 0 Å². The fraction of sp³-hybridized carbons (Fsp3) is 0.500. The number of nitrogens with two attached hydrogens (primary N) is 2. The van der Waals surface area contributed by atoms with E-state index in [2.05, 4.69) is 21.3 Å². The number of carboxylic acids is 3. The Morgan fingerprint density at radius 3 is 1.72 bits per heavy atom. The first kappa shape index (κ1) is 38.9. The maximum atomic E-state index is 13.0. The number of hydrogen-bond donors (Lipinski definition) is 10. The van der Waals surface area contributed by atoms with Crippen LogP contribution in [0.3, 0.4) is 0 Å². The Hall–Kier alpha value is -5.11. The van der Waals surface area contributed by atoms with Gasteiger partial charge in [-0.15, -0.1) is 11.3 Å². The summed E-state index contributed by atoms with van der Waals surface area (Å²) < 4.78 is 0. The van der Waals surface area contributed by atoms with Gasteiger partial charge in [0.15, 0.2) is 0 Å². The van der Waals surface area contributed by atoms with Gasteiger partial charge in [0.2, 0.25) is 35.4 Å². The molecule has 12 N–H and O–H groups in total. The summed E-state index contributed by atoms with van der Waals surface area (Å²) in [6.45, 7) is 2.45. The van der Waals surface area contributed by atoms with Gasteiger partial charge < -0.3 is 53.4 Å². The highest BCUT2D eigenvalue weighted by Crippen LogP contribution is 2.12. The van der Waals surface area contributed by atoms with Crippen LogP contribution >= 0.6 is 11.3 Å². The zero-order valence-electron chi connectivity index (χ0n) is 24.8. The van der Waals surface area contributed by atoms with Crippen LogP contribution in [0.5, 0.6) is 0 Å². The van der Waals surface area contributed by atoms with Gasteiger partial charge in [-0.3, -0.25) is 38.4 Å². The van der Waals surface area contributed by atoms with Gasteiger partial charge in [-0.05, 0) is 31.7 Å². The van der Waals surface area contributed by atoms with Crippen LogP contribution < -0.4 is 38.1 Å². The van der Waals surface area contributed by atoms with E-state index in [1.807, 2.05) is 5.32 Å². The molecule has 6 atom stereocenters. The van der Waals surface area contributed by atoms with E-state index in [0.717, 1.165) is 0 Å². The highest BCUT2D eigenvalue weighted by molar-refractivity contribution is 7.09. The first-order valence-electron chi connectivity index (χ1n) is 13.7. The summed E-state index contributed by atoms with van der Waals surface area (Å²) in [6.07, 6.45) is -2.38. The molecule has 20 heteroatoms. The topological polar surface area (TPSA) is 327 Å². The molecule has 46 heavy (non-hydrogen) atoms. The highest BCUT2D eigenvalue weighted by atomic mass is 32.1. The number of hydrogen-bond acceptors (Lipinski definition) is 11. The largest absolute Gasteiger partial charge is 0.481 e. The fourth-order valence-corrected chi connectivity index (χ4v) is 4.43. The van der Waals surface area contributed by atoms with Gasteiger partial charge in [-0.1, -0.05) is 6.07 Å². The molecule has 0 aliphatic rings. The van der Waals surface area contributed by atoms with E-state index in [1.54, 1.807) is 17.5 Å². The Morgan fingerprint density at radius 1 is 0.717 bits per heavy atom. The average molecular weight is 672 g/mol. The predicted molar refractivity (Wildman–Crippen MR) is 158 cm³/mol. The van der Waals surface area contributed by atoms with Gasteiger partial charge in [0.05, 0.1) is 18.9 Å². The SMILES string of the molecule is C[C@H](NC(=O)[C@H](C)NC(=O)[C@H](CC(=O)O)NC(=O)[C@@H](N)CC(=O)O)C(=O)N[C@@H](Cc1cccs1)C(=O)N[C@@H](CCC(N)=O)C(=O)O. The summed E-state index contributed by atoms with van der Waals surface area (Å²) in [7, 11) is 0. The van der Waals surface area contributed by atoms with E-state index >= 15 is 0 Å². The minimum absolute atomic E-state index is 0.0443. The molecule has 0 bridgehead atoms. The number of aliphatic carboxylic acids is 3. The molecule has 0 saturated heterocycles. The van der Waals surface area contributed by atoms with E-state index in [0.29, 0.717) is 4.88 Å². The van der Waals surface area contributed by atoms with E-state index in [1.165, 1.54) is 25.2 Å². The summed E-state index contributed by atoms with van der Waals surface area (Å²) in [5.74, 6) is -10.0. The number of carboxylic acid groups (broad SMARTS) is 3. The summed E-state index contributed by atoms with van der Waals surface area (Å²) in [4.78, 5) is 109. The molecule has 1 aromatic heterocycles. The number of nitrogens with one attached hydrogen (secondary N) is 5. The van der Waals surface area contributed by atoms with Crippen molar-refractivity contribution in [2.24, 2.45) is 11.5 Å². The van der Waals surface area contributed by atoms with Crippen LogP contribution in [0.4, 0.5) is 0 Å². The van der Waals surface area contributed by atoms with E-state index in [-0.39, 0.29) is 19.3 Å². The van der Waals surface area contributed by atoms with Crippen LogP contribution in [0, 0.1) is 0 Å². The molecule has 0 aliphatic carbocycles. The van der Waals surface area contributed by atoms with E-state index < -0.39 is 102 Å². The number of rotatable bonds is 20. The van der Waals surface area contributed by atoms with Gasteiger partial charge in [-0.2, -0.15) is 0 Å². The van der Waals surface area contributed by atoms with Crippen molar-refractivity contribution in [3.05, 3.63) is 22.4 Å². The number of primary amides is 1. The minimum atomic E-state index is -1.73. The van der Waals surface area contributed by atoms with Gasteiger partial charge in [0, 0.05) is 17.7 Å². The van der Waals surface area contributed by atoms with Crippen LogP contribution in [-0.4, -0.2) is 105 Å². The Morgan fingerprint density at radius 2 is 1.22 bits per heavy atom.